The zero-order valence-corrected chi connectivity index (χ0v) is 19.0. The van der Waals surface area contributed by atoms with Crippen LogP contribution in [0.15, 0.2) is 42.5 Å². The number of benzene rings is 2. The number of hydrogen-bond acceptors (Lipinski definition) is 4. The molecule has 1 saturated heterocycles. The van der Waals surface area contributed by atoms with E-state index >= 15 is 0 Å². The molecule has 33 heavy (non-hydrogen) atoms. The molecule has 1 heterocycles. The summed E-state index contributed by atoms with van der Waals surface area (Å²) < 4.78 is 33.4. The van der Waals surface area contributed by atoms with E-state index in [1.165, 1.54) is 18.2 Å². The summed E-state index contributed by atoms with van der Waals surface area (Å²) in [5.41, 5.74) is 2.64. The van der Waals surface area contributed by atoms with Crippen LogP contribution < -0.4 is 0 Å². The monoisotopic (exact) mass is 459 g/mol. The maximum absolute atomic E-state index is 13.9. The van der Waals surface area contributed by atoms with Crippen LogP contribution in [0, 0.1) is 18.6 Å². The fraction of sp³-hybridized carbons (Fsp3) is 0.423. The second-order valence-electron chi connectivity index (χ2n) is 8.65. The molecule has 0 radical (unpaired) electrons. The largest absolute Gasteiger partial charge is 0.478 e. The van der Waals surface area contributed by atoms with Gasteiger partial charge in [-0.2, -0.15) is 0 Å². The lowest BCUT2D eigenvalue weighted by molar-refractivity contribution is -0.131. The first-order chi connectivity index (χ1) is 15.7. The summed E-state index contributed by atoms with van der Waals surface area (Å²) in [6.07, 6.45) is 3.86. The van der Waals surface area contributed by atoms with Crippen LogP contribution in [0.3, 0.4) is 0 Å². The van der Waals surface area contributed by atoms with Crippen molar-refractivity contribution in [2.24, 2.45) is 0 Å². The quantitative estimate of drug-likeness (QED) is 0.512. The Bertz CT molecular complexity index is 994. The van der Waals surface area contributed by atoms with Gasteiger partial charge in [0.15, 0.2) is 0 Å². The number of likely N-dealkylation sites (tertiary alicyclic amines) is 1. The summed E-state index contributed by atoms with van der Waals surface area (Å²) in [6, 6.07) is 9.69. The summed E-state index contributed by atoms with van der Waals surface area (Å²) in [5, 5.41) is 19.4. The molecule has 2 N–H and O–H groups in total. The highest BCUT2D eigenvalue weighted by Crippen LogP contribution is 2.25. The third-order valence-corrected chi connectivity index (χ3v) is 6.08. The maximum Gasteiger partial charge on any atom is 0.328 e. The second-order valence-corrected chi connectivity index (χ2v) is 8.65. The van der Waals surface area contributed by atoms with Crippen LogP contribution in [0.5, 0.6) is 0 Å². The number of carboxylic acids is 1. The summed E-state index contributed by atoms with van der Waals surface area (Å²) in [4.78, 5) is 13.0. The number of aliphatic hydroxyl groups is 1. The molecule has 2 aromatic carbocycles. The van der Waals surface area contributed by atoms with Crippen molar-refractivity contribution >= 4 is 12.0 Å². The van der Waals surface area contributed by atoms with Crippen molar-refractivity contribution in [3.8, 4) is 0 Å². The smallest absolute Gasteiger partial charge is 0.328 e. The molecule has 0 spiro atoms. The second kappa shape index (κ2) is 11.5. The highest BCUT2D eigenvalue weighted by molar-refractivity contribution is 5.85. The maximum atomic E-state index is 13.9. The van der Waals surface area contributed by atoms with Crippen LogP contribution in [0.25, 0.3) is 6.08 Å². The highest BCUT2D eigenvalue weighted by Gasteiger charge is 2.27. The van der Waals surface area contributed by atoms with Crippen LogP contribution in [-0.4, -0.2) is 52.9 Å². The molecule has 0 bridgehead atoms. The van der Waals surface area contributed by atoms with Gasteiger partial charge in [-0.05, 0) is 86.2 Å². The molecule has 3 rings (SSSR count). The summed E-state index contributed by atoms with van der Waals surface area (Å²) in [7, 11) is 0. The van der Waals surface area contributed by atoms with Crippen molar-refractivity contribution in [3.05, 3.63) is 76.4 Å². The third-order valence-electron chi connectivity index (χ3n) is 6.08. The van der Waals surface area contributed by atoms with Crippen LogP contribution in [0.4, 0.5) is 8.78 Å². The van der Waals surface area contributed by atoms with Crippen molar-refractivity contribution in [2.75, 3.05) is 19.7 Å². The van der Waals surface area contributed by atoms with Crippen LogP contribution in [-0.2, 0) is 16.0 Å². The first-order valence-electron chi connectivity index (χ1n) is 11.2. The van der Waals surface area contributed by atoms with Gasteiger partial charge in [0, 0.05) is 18.7 Å². The average Bonchev–Trinajstić information content (AvgIpc) is 3.19. The van der Waals surface area contributed by atoms with Crippen molar-refractivity contribution in [1.82, 2.24) is 4.90 Å². The van der Waals surface area contributed by atoms with Crippen LogP contribution >= 0.6 is 0 Å². The van der Waals surface area contributed by atoms with Gasteiger partial charge in [0.1, 0.15) is 11.6 Å². The van der Waals surface area contributed by atoms with Gasteiger partial charge >= 0.3 is 5.97 Å². The van der Waals surface area contributed by atoms with Gasteiger partial charge in [-0.3, -0.25) is 4.90 Å². The van der Waals surface area contributed by atoms with E-state index in [9.17, 15) is 18.7 Å². The van der Waals surface area contributed by atoms with Crippen molar-refractivity contribution in [1.29, 1.82) is 0 Å². The fourth-order valence-corrected chi connectivity index (χ4v) is 4.29. The minimum absolute atomic E-state index is 0.0863. The molecule has 1 aliphatic rings. The number of carboxylic acid groups (broad SMARTS) is 1. The Morgan fingerprint density at radius 2 is 2.06 bits per heavy atom. The predicted molar refractivity (Wildman–Crippen MR) is 123 cm³/mol. The van der Waals surface area contributed by atoms with Crippen LogP contribution in [0.1, 0.15) is 48.1 Å². The van der Waals surface area contributed by atoms with E-state index in [4.69, 9.17) is 9.84 Å². The van der Waals surface area contributed by atoms with Crippen molar-refractivity contribution in [2.45, 2.75) is 51.4 Å². The number of hydrogen-bond donors (Lipinski definition) is 2. The number of aryl methyl sites for hydroxylation is 1. The van der Waals surface area contributed by atoms with Gasteiger partial charge in [0.25, 0.3) is 0 Å². The lowest BCUT2D eigenvalue weighted by atomic mass is 10.0. The molecule has 5 nitrogen and oxygen atoms in total. The normalized spacial score (nSPS) is 18.6. The molecule has 0 aliphatic carbocycles. The Balaban J connectivity index is 1.55. The zero-order valence-electron chi connectivity index (χ0n) is 19.0. The Labute approximate surface area is 193 Å². The molecule has 3 atom stereocenters. The predicted octanol–water partition coefficient (Wildman–Crippen LogP) is 4.52. The van der Waals surface area contributed by atoms with Gasteiger partial charge in [-0.15, -0.1) is 0 Å². The number of nitrogens with zero attached hydrogens (tertiary/aromatic N) is 1. The van der Waals surface area contributed by atoms with E-state index in [1.807, 2.05) is 6.07 Å². The van der Waals surface area contributed by atoms with Crippen molar-refractivity contribution in [3.63, 3.8) is 0 Å². The number of ether oxygens (including phenoxy) is 1. The van der Waals surface area contributed by atoms with E-state index in [1.54, 1.807) is 32.0 Å². The third kappa shape index (κ3) is 7.19. The average molecular weight is 460 g/mol. The topological polar surface area (TPSA) is 70.0 Å². The fourth-order valence-electron chi connectivity index (χ4n) is 4.29. The molecule has 178 valence electrons. The molecule has 7 heteroatoms. The minimum Gasteiger partial charge on any atom is -0.478 e. The van der Waals surface area contributed by atoms with Gasteiger partial charge < -0.3 is 14.9 Å². The molecule has 0 amide bonds. The molecule has 1 aliphatic heterocycles. The van der Waals surface area contributed by atoms with Gasteiger partial charge in [-0.1, -0.05) is 18.2 Å². The van der Waals surface area contributed by atoms with Crippen LogP contribution in [0.2, 0.25) is 0 Å². The molecule has 1 fully saturated rings. The van der Waals surface area contributed by atoms with Crippen molar-refractivity contribution < 1.29 is 28.5 Å². The van der Waals surface area contributed by atoms with E-state index in [-0.39, 0.29) is 18.5 Å². The zero-order chi connectivity index (χ0) is 24.0. The van der Waals surface area contributed by atoms with Gasteiger partial charge in [0.2, 0.25) is 0 Å². The Hall–Kier alpha value is -2.61. The summed E-state index contributed by atoms with van der Waals surface area (Å²) in [6.45, 7) is 4.93. The molecule has 2 aromatic rings. The minimum atomic E-state index is -1.12. The molecular weight excluding hydrogens is 428 g/mol. The Morgan fingerprint density at radius 3 is 2.79 bits per heavy atom. The number of aliphatic carboxylic acids is 1. The number of halogens is 2. The molecule has 0 aromatic heterocycles. The molecule has 0 saturated carbocycles. The SMILES string of the molecule is Cc1ccc(C[C@@H]2CCCN2C[C@@H](O)CO[C@H](C)c2ccc(F)cc2C=CC(=O)O)cc1F. The Morgan fingerprint density at radius 1 is 1.27 bits per heavy atom. The standard InChI is InChI=1S/C26H31F2NO4/c1-17-5-6-19(13-25(17)28)12-22-4-3-11-29(22)15-23(30)16-33-18(2)24-9-8-21(27)14-20(24)7-10-26(31)32/h5-10,13-14,18,22-23,30H,3-4,11-12,15-16H2,1-2H3,(H,31,32)/t18-,22+,23-/m1/s1. The first kappa shape index (κ1) is 25.0. The molecular formula is C26H31F2NO4. The van der Waals surface area contributed by atoms with E-state index < -0.39 is 24.0 Å². The number of aliphatic hydroxyl groups excluding tert-OH is 1. The van der Waals surface area contributed by atoms with E-state index in [2.05, 4.69) is 4.90 Å². The number of β-amino-alcohol motifs (C(OH)–C–C–N with tert-alkyl or cyclic N) is 1. The Kier molecular flexibility index (Phi) is 8.72. The van der Waals surface area contributed by atoms with Gasteiger partial charge in [-0.25, -0.2) is 13.6 Å². The first-order valence-corrected chi connectivity index (χ1v) is 11.2. The van der Waals surface area contributed by atoms with Gasteiger partial charge in [0.05, 0.1) is 18.8 Å². The number of carbonyl (C=O) groups is 1. The lowest BCUT2D eigenvalue weighted by Crippen LogP contribution is -2.39. The summed E-state index contributed by atoms with van der Waals surface area (Å²) >= 11 is 0. The summed E-state index contributed by atoms with van der Waals surface area (Å²) in [5.74, 6) is -1.79. The lowest BCUT2D eigenvalue weighted by Gasteiger charge is -2.27. The number of rotatable bonds is 10. The molecule has 0 unspecified atom stereocenters. The highest BCUT2D eigenvalue weighted by atomic mass is 19.1. The van der Waals surface area contributed by atoms with E-state index in [0.29, 0.717) is 23.2 Å². The van der Waals surface area contributed by atoms with E-state index in [0.717, 1.165) is 37.4 Å².